The molecule has 0 aliphatic heterocycles. The molecule has 124 valence electrons. The van der Waals surface area contributed by atoms with Crippen LogP contribution in [0.3, 0.4) is 0 Å². The molecule has 0 nitrogen and oxygen atoms in total. The van der Waals surface area contributed by atoms with Gasteiger partial charge in [-0.3, -0.25) is 0 Å². The SMILES string of the molecule is CC.Cc1ccc(-c2ccc(C3CCC(C)CC3)cc2P)cc1. The third-order valence-corrected chi connectivity index (χ3v) is 5.40. The van der Waals surface area contributed by atoms with Gasteiger partial charge in [0.1, 0.15) is 0 Å². The van der Waals surface area contributed by atoms with Crippen LogP contribution in [0.5, 0.6) is 0 Å². The standard InChI is InChI=1S/C20H25P.C2H6/c1-14-3-7-16(8-4-14)18-11-12-19(20(21)13-18)17-9-5-15(2)6-10-17;1-2/h5-6,9-14,16H,3-4,7-8,21H2,1-2H3;1-2H3. The van der Waals surface area contributed by atoms with Crippen LogP contribution in [-0.4, -0.2) is 0 Å². The predicted octanol–water partition coefficient (Wildman–Crippen LogP) is 6.48. The first-order valence-corrected chi connectivity index (χ1v) is 9.67. The van der Waals surface area contributed by atoms with Crippen LogP contribution in [0.4, 0.5) is 0 Å². The molecule has 23 heavy (non-hydrogen) atoms. The van der Waals surface area contributed by atoms with Gasteiger partial charge in [0.2, 0.25) is 0 Å². The predicted molar refractivity (Wildman–Crippen MR) is 108 cm³/mol. The van der Waals surface area contributed by atoms with Gasteiger partial charge >= 0.3 is 0 Å². The molecule has 1 aliphatic carbocycles. The van der Waals surface area contributed by atoms with Crippen molar-refractivity contribution < 1.29 is 0 Å². The zero-order valence-electron chi connectivity index (χ0n) is 15.1. The molecule has 3 rings (SSSR count). The second-order valence-corrected chi connectivity index (χ2v) is 7.29. The van der Waals surface area contributed by atoms with E-state index < -0.39 is 0 Å². The summed E-state index contributed by atoms with van der Waals surface area (Å²) in [6.07, 6.45) is 5.48. The Labute approximate surface area is 144 Å². The molecule has 1 heteroatoms. The molecule has 0 aromatic heterocycles. The van der Waals surface area contributed by atoms with Crippen molar-refractivity contribution in [3.05, 3.63) is 53.6 Å². The maximum atomic E-state index is 2.93. The molecule has 0 amide bonds. The average molecular weight is 326 g/mol. The minimum absolute atomic E-state index is 0.771. The average Bonchev–Trinajstić information content (AvgIpc) is 2.58. The summed E-state index contributed by atoms with van der Waals surface area (Å²) >= 11 is 0. The van der Waals surface area contributed by atoms with Gasteiger partial charge in [0.25, 0.3) is 0 Å². The Morgan fingerprint density at radius 1 is 0.870 bits per heavy atom. The molecule has 1 aliphatic rings. The first kappa shape index (κ1) is 18.2. The van der Waals surface area contributed by atoms with Crippen molar-refractivity contribution in [1.82, 2.24) is 0 Å². The minimum atomic E-state index is 0.771. The van der Waals surface area contributed by atoms with Crippen molar-refractivity contribution >= 4 is 14.5 Å². The Morgan fingerprint density at radius 2 is 1.48 bits per heavy atom. The number of rotatable bonds is 2. The van der Waals surface area contributed by atoms with E-state index in [1.54, 1.807) is 0 Å². The van der Waals surface area contributed by atoms with Crippen molar-refractivity contribution in [2.24, 2.45) is 5.92 Å². The van der Waals surface area contributed by atoms with Gasteiger partial charge in [-0.2, -0.15) is 0 Å². The van der Waals surface area contributed by atoms with Crippen LogP contribution >= 0.6 is 9.24 Å². The zero-order chi connectivity index (χ0) is 16.8. The summed E-state index contributed by atoms with van der Waals surface area (Å²) in [7, 11) is 2.93. The molecule has 0 N–H and O–H groups in total. The molecular formula is C22H31P. The molecule has 0 spiro atoms. The summed E-state index contributed by atoms with van der Waals surface area (Å²) < 4.78 is 0. The van der Waals surface area contributed by atoms with Crippen LogP contribution in [0.25, 0.3) is 11.1 Å². The maximum absolute atomic E-state index is 2.93. The Bertz CT molecular complexity index is 604. The van der Waals surface area contributed by atoms with E-state index in [9.17, 15) is 0 Å². The normalized spacial score (nSPS) is 20.6. The second kappa shape index (κ2) is 8.65. The van der Waals surface area contributed by atoms with E-state index in [1.807, 2.05) is 13.8 Å². The largest absolute Gasteiger partial charge is 0.105 e. The highest BCUT2D eigenvalue weighted by Crippen LogP contribution is 2.36. The monoisotopic (exact) mass is 326 g/mol. The molecule has 1 atom stereocenters. The molecule has 0 heterocycles. The third kappa shape index (κ3) is 4.67. The summed E-state index contributed by atoms with van der Waals surface area (Å²) in [5.41, 5.74) is 5.50. The van der Waals surface area contributed by atoms with Crippen LogP contribution in [0, 0.1) is 12.8 Å². The lowest BCUT2D eigenvalue weighted by Crippen LogP contribution is -2.12. The fourth-order valence-electron chi connectivity index (χ4n) is 3.42. The van der Waals surface area contributed by atoms with E-state index in [-0.39, 0.29) is 0 Å². The lowest BCUT2D eigenvalue weighted by atomic mass is 9.79. The first-order valence-electron chi connectivity index (χ1n) is 9.10. The van der Waals surface area contributed by atoms with Crippen LogP contribution < -0.4 is 5.30 Å². The molecule has 0 radical (unpaired) electrons. The fourth-order valence-corrected chi connectivity index (χ4v) is 3.88. The van der Waals surface area contributed by atoms with Gasteiger partial charge in [-0.25, -0.2) is 0 Å². The maximum Gasteiger partial charge on any atom is -0.0112 e. The molecule has 1 fully saturated rings. The molecule has 0 bridgehead atoms. The number of hydrogen-bond donors (Lipinski definition) is 0. The van der Waals surface area contributed by atoms with E-state index in [0.717, 1.165) is 11.8 Å². The fraction of sp³-hybridized carbons (Fsp3) is 0.455. The van der Waals surface area contributed by atoms with Crippen molar-refractivity contribution in [1.29, 1.82) is 0 Å². The van der Waals surface area contributed by atoms with Crippen LogP contribution in [0.2, 0.25) is 0 Å². The van der Waals surface area contributed by atoms with E-state index in [1.165, 1.54) is 53.2 Å². The van der Waals surface area contributed by atoms with Gasteiger partial charge in [0.05, 0.1) is 0 Å². The highest BCUT2D eigenvalue weighted by Gasteiger charge is 2.20. The summed E-state index contributed by atoms with van der Waals surface area (Å²) in [4.78, 5) is 0. The zero-order valence-corrected chi connectivity index (χ0v) is 16.3. The van der Waals surface area contributed by atoms with Gasteiger partial charge in [0.15, 0.2) is 0 Å². The van der Waals surface area contributed by atoms with Gasteiger partial charge in [-0.05, 0) is 53.6 Å². The van der Waals surface area contributed by atoms with E-state index in [0.29, 0.717) is 0 Å². The summed E-state index contributed by atoms with van der Waals surface area (Å²) in [6, 6.07) is 15.9. The van der Waals surface area contributed by atoms with Gasteiger partial charge in [-0.1, -0.05) is 81.6 Å². The molecule has 1 unspecified atom stereocenters. The van der Waals surface area contributed by atoms with Crippen molar-refractivity contribution in [3.63, 3.8) is 0 Å². The topological polar surface area (TPSA) is 0 Å². The highest BCUT2D eigenvalue weighted by atomic mass is 31.0. The Kier molecular flexibility index (Phi) is 6.85. The Morgan fingerprint density at radius 3 is 2.04 bits per heavy atom. The summed E-state index contributed by atoms with van der Waals surface area (Å²) in [5.74, 6) is 1.69. The number of benzene rings is 2. The lowest BCUT2D eigenvalue weighted by Gasteiger charge is -2.27. The van der Waals surface area contributed by atoms with Crippen LogP contribution in [-0.2, 0) is 0 Å². The molecule has 2 aromatic carbocycles. The minimum Gasteiger partial charge on any atom is -0.105 e. The molecule has 0 saturated heterocycles. The number of aryl methyl sites for hydroxylation is 1. The first-order chi connectivity index (χ1) is 11.1. The third-order valence-electron chi connectivity index (χ3n) is 4.93. The quantitative estimate of drug-likeness (QED) is 0.554. The Hall–Kier alpha value is -1.13. The second-order valence-electron chi connectivity index (χ2n) is 6.67. The van der Waals surface area contributed by atoms with Gasteiger partial charge in [0, 0.05) is 0 Å². The molecule has 1 saturated carbocycles. The van der Waals surface area contributed by atoms with Crippen LogP contribution in [0.15, 0.2) is 42.5 Å². The molecular weight excluding hydrogens is 295 g/mol. The van der Waals surface area contributed by atoms with Crippen LogP contribution in [0.1, 0.15) is 63.5 Å². The summed E-state index contributed by atoms with van der Waals surface area (Å²) in [6.45, 7) is 8.52. The smallest absolute Gasteiger partial charge is 0.0112 e. The highest BCUT2D eigenvalue weighted by molar-refractivity contribution is 7.28. The van der Waals surface area contributed by atoms with E-state index in [2.05, 4.69) is 65.6 Å². The van der Waals surface area contributed by atoms with E-state index >= 15 is 0 Å². The summed E-state index contributed by atoms with van der Waals surface area (Å²) in [5, 5.41) is 1.33. The van der Waals surface area contributed by atoms with Crippen molar-refractivity contribution in [2.75, 3.05) is 0 Å². The van der Waals surface area contributed by atoms with Gasteiger partial charge in [-0.15, -0.1) is 9.24 Å². The van der Waals surface area contributed by atoms with Crippen molar-refractivity contribution in [2.45, 2.75) is 59.3 Å². The van der Waals surface area contributed by atoms with Gasteiger partial charge < -0.3 is 0 Å². The Balaban J connectivity index is 0.000000924. The van der Waals surface area contributed by atoms with E-state index in [4.69, 9.17) is 0 Å². The number of hydrogen-bond acceptors (Lipinski definition) is 0. The van der Waals surface area contributed by atoms with Crippen molar-refractivity contribution in [3.8, 4) is 11.1 Å². The molecule has 2 aromatic rings. The lowest BCUT2D eigenvalue weighted by molar-refractivity contribution is 0.348.